The number of fused-ring (bicyclic) bond motifs is 4. The van der Waals surface area contributed by atoms with E-state index in [1.807, 2.05) is 24.3 Å². The molecule has 0 saturated carbocycles. The van der Waals surface area contributed by atoms with Gasteiger partial charge in [-0.3, -0.25) is 4.90 Å². The number of methoxy groups -OCH3 is 1. The number of rotatable bonds is 2. The molecule has 1 saturated heterocycles. The number of aryl methyl sites for hydroxylation is 2. The van der Waals surface area contributed by atoms with Crippen molar-refractivity contribution >= 4 is 12.4 Å². The molecule has 0 spiro atoms. The van der Waals surface area contributed by atoms with E-state index in [9.17, 15) is 5.11 Å². The molecule has 2 heterocycles. The van der Waals surface area contributed by atoms with Crippen LogP contribution in [0.5, 0.6) is 5.75 Å². The lowest BCUT2D eigenvalue weighted by atomic mass is 9.72. The van der Waals surface area contributed by atoms with Crippen LogP contribution in [0.2, 0.25) is 0 Å². The van der Waals surface area contributed by atoms with E-state index in [1.165, 1.54) is 27.8 Å². The summed E-state index contributed by atoms with van der Waals surface area (Å²) >= 11 is 0. The lowest BCUT2D eigenvalue weighted by molar-refractivity contribution is -0.0572. The van der Waals surface area contributed by atoms with Gasteiger partial charge in [0.1, 0.15) is 5.75 Å². The maximum absolute atomic E-state index is 11.8. The van der Waals surface area contributed by atoms with Crippen molar-refractivity contribution in [3.63, 3.8) is 0 Å². The zero-order valence-electron chi connectivity index (χ0n) is 18.5. The molecule has 0 unspecified atom stereocenters. The van der Waals surface area contributed by atoms with Gasteiger partial charge < -0.3 is 9.84 Å². The molecule has 3 atom stereocenters. The summed E-state index contributed by atoms with van der Waals surface area (Å²) in [7, 11) is 1.68. The van der Waals surface area contributed by atoms with E-state index in [4.69, 9.17) is 4.74 Å². The van der Waals surface area contributed by atoms with E-state index in [0.717, 1.165) is 50.1 Å². The molecule has 0 radical (unpaired) electrons. The smallest absolute Gasteiger partial charge is 0.119 e. The van der Waals surface area contributed by atoms with Gasteiger partial charge in [-0.05, 0) is 64.8 Å². The Morgan fingerprint density at radius 3 is 2.56 bits per heavy atom. The molecule has 0 aromatic heterocycles. The molecule has 3 aromatic carbocycles. The number of nitrogens with zero attached hydrogens (tertiary/aromatic N) is 1. The summed E-state index contributed by atoms with van der Waals surface area (Å²) in [4.78, 5) is 2.62. The second-order valence-electron chi connectivity index (χ2n) is 9.40. The fourth-order valence-corrected chi connectivity index (χ4v) is 6.25. The summed E-state index contributed by atoms with van der Waals surface area (Å²) in [5, 5.41) is 11.8. The molecule has 3 aromatic rings. The van der Waals surface area contributed by atoms with Crippen molar-refractivity contribution in [1.29, 1.82) is 0 Å². The molecule has 1 N–H and O–H groups in total. The zero-order valence-corrected chi connectivity index (χ0v) is 19.3. The number of piperidine rings is 1. The highest BCUT2D eigenvalue weighted by Crippen LogP contribution is 2.50. The van der Waals surface area contributed by atoms with Gasteiger partial charge in [0.25, 0.3) is 0 Å². The summed E-state index contributed by atoms with van der Waals surface area (Å²) in [6.45, 7) is 1.95. The Hall–Kier alpha value is -2.33. The normalized spacial score (nSPS) is 26.1. The number of aliphatic hydroxyl groups is 1. The lowest BCUT2D eigenvalue weighted by Crippen LogP contribution is -2.48. The predicted molar refractivity (Wildman–Crippen MR) is 130 cm³/mol. The Labute approximate surface area is 196 Å². The van der Waals surface area contributed by atoms with Gasteiger partial charge in [-0.2, -0.15) is 0 Å². The first-order chi connectivity index (χ1) is 15.2. The number of hydrogen-bond acceptors (Lipinski definition) is 3. The minimum absolute atomic E-state index is 0. The van der Waals surface area contributed by atoms with Crippen LogP contribution in [0.15, 0.2) is 66.7 Å². The Balaban J connectivity index is 0.00000216. The molecule has 3 aliphatic rings. The molecule has 1 aliphatic carbocycles. The second-order valence-corrected chi connectivity index (χ2v) is 9.40. The van der Waals surface area contributed by atoms with Gasteiger partial charge in [-0.25, -0.2) is 0 Å². The van der Waals surface area contributed by atoms with Crippen LogP contribution in [0.3, 0.4) is 0 Å². The van der Waals surface area contributed by atoms with Crippen molar-refractivity contribution in [3.8, 4) is 5.75 Å². The summed E-state index contributed by atoms with van der Waals surface area (Å²) in [6.07, 6.45) is 3.69. The number of benzene rings is 3. The van der Waals surface area contributed by atoms with Crippen LogP contribution in [0.1, 0.15) is 58.2 Å². The maximum Gasteiger partial charge on any atom is 0.119 e. The lowest BCUT2D eigenvalue weighted by Gasteiger charge is -2.49. The van der Waals surface area contributed by atoms with Crippen molar-refractivity contribution in [2.75, 3.05) is 20.2 Å². The summed E-state index contributed by atoms with van der Waals surface area (Å²) in [6, 6.07) is 24.1. The first kappa shape index (κ1) is 21.5. The third-order valence-corrected chi connectivity index (χ3v) is 7.84. The minimum Gasteiger partial charge on any atom is -0.497 e. The molecule has 2 aliphatic heterocycles. The molecule has 1 fully saturated rings. The molecule has 3 nitrogen and oxygen atoms in total. The number of hydrogen-bond donors (Lipinski definition) is 1. The van der Waals surface area contributed by atoms with Gasteiger partial charge >= 0.3 is 0 Å². The third-order valence-electron chi connectivity index (χ3n) is 7.84. The van der Waals surface area contributed by atoms with Gasteiger partial charge in [0.2, 0.25) is 0 Å². The predicted octanol–water partition coefficient (Wildman–Crippen LogP) is 5.39. The Morgan fingerprint density at radius 1 is 0.938 bits per heavy atom. The van der Waals surface area contributed by atoms with E-state index in [1.54, 1.807) is 7.11 Å². The van der Waals surface area contributed by atoms with Gasteiger partial charge in [0, 0.05) is 31.5 Å². The van der Waals surface area contributed by atoms with Crippen LogP contribution >= 0.6 is 12.4 Å². The Morgan fingerprint density at radius 2 is 1.69 bits per heavy atom. The van der Waals surface area contributed by atoms with Crippen LogP contribution in [0, 0.1) is 0 Å². The summed E-state index contributed by atoms with van der Waals surface area (Å²) in [5.41, 5.74) is 7.59. The Bertz CT molecular complexity index is 1150. The number of halogens is 1. The highest BCUT2D eigenvalue weighted by Gasteiger charge is 2.45. The number of ether oxygens (including phenoxy) is 1. The fraction of sp³-hybridized carbons (Fsp3) is 0.357. The minimum atomic E-state index is -0.825. The standard InChI is InChI=1S/C28H29NO2.ClH/c1-31-22-9-5-8-21(16-22)28(30)14-15-29-18-25-23-10-3-2-6-19(23)12-13-20-7-4-11-24(27(20)25)26(29)17-28;/h2-11,16,25-26,30H,12-15,17-18H2,1H3;1H/t25-,26-,28-;/m1./s1. The first-order valence-corrected chi connectivity index (χ1v) is 11.5. The fourth-order valence-electron chi connectivity index (χ4n) is 6.25. The molecular weight excluding hydrogens is 418 g/mol. The zero-order chi connectivity index (χ0) is 21.0. The molecule has 6 rings (SSSR count). The molecule has 0 bridgehead atoms. The van der Waals surface area contributed by atoms with E-state index < -0.39 is 5.60 Å². The molecular formula is C28H30ClNO2. The van der Waals surface area contributed by atoms with Crippen LogP contribution in [0.25, 0.3) is 0 Å². The monoisotopic (exact) mass is 447 g/mol. The first-order valence-electron chi connectivity index (χ1n) is 11.5. The van der Waals surface area contributed by atoms with Crippen LogP contribution in [-0.4, -0.2) is 30.2 Å². The van der Waals surface area contributed by atoms with E-state index in [-0.39, 0.29) is 18.4 Å². The highest BCUT2D eigenvalue weighted by atomic mass is 35.5. The topological polar surface area (TPSA) is 32.7 Å². The van der Waals surface area contributed by atoms with Gasteiger partial charge in [0.15, 0.2) is 0 Å². The molecule has 166 valence electrons. The SMILES string of the molecule is COc1cccc([C@@]2(O)CCN3C[C@@H]4c5ccccc5CCc5cccc(c54)[C@H]3C2)c1.Cl. The van der Waals surface area contributed by atoms with Gasteiger partial charge in [0.05, 0.1) is 12.7 Å². The highest BCUT2D eigenvalue weighted by molar-refractivity contribution is 5.85. The maximum atomic E-state index is 11.8. The van der Waals surface area contributed by atoms with Gasteiger partial charge in [-0.1, -0.05) is 54.6 Å². The van der Waals surface area contributed by atoms with Crippen molar-refractivity contribution in [2.45, 2.75) is 43.2 Å². The quantitative estimate of drug-likeness (QED) is 0.572. The average molecular weight is 448 g/mol. The third kappa shape index (κ3) is 3.35. The van der Waals surface area contributed by atoms with E-state index >= 15 is 0 Å². The Kier molecular flexibility index (Phi) is 5.53. The van der Waals surface area contributed by atoms with Crippen molar-refractivity contribution in [2.24, 2.45) is 0 Å². The van der Waals surface area contributed by atoms with E-state index in [0.29, 0.717) is 5.92 Å². The van der Waals surface area contributed by atoms with Crippen molar-refractivity contribution in [3.05, 3.63) is 100 Å². The molecule has 32 heavy (non-hydrogen) atoms. The van der Waals surface area contributed by atoms with Crippen molar-refractivity contribution < 1.29 is 9.84 Å². The van der Waals surface area contributed by atoms with E-state index in [2.05, 4.69) is 47.4 Å². The average Bonchev–Trinajstić information content (AvgIpc) is 2.98. The van der Waals surface area contributed by atoms with Crippen molar-refractivity contribution in [1.82, 2.24) is 4.90 Å². The van der Waals surface area contributed by atoms with Crippen LogP contribution in [-0.2, 0) is 18.4 Å². The van der Waals surface area contributed by atoms with Crippen LogP contribution < -0.4 is 4.74 Å². The summed E-state index contributed by atoms with van der Waals surface area (Å²) < 4.78 is 5.43. The second kappa shape index (κ2) is 8.22. The summed E-state index contributed by atoms with van der Waals surface area (Å²) in [5.74, 6) is 1.24. The molecule has 0 amide bonds. The van der Waals surface area contributed by atoms with Gasteiger partial charge in [-0.15, -0.1) is 12.4 Å². The molecule has 4 heteroatoms. The van der Waals surface area contributed by atoms with Crippen LogP contribution in [0.4, 0.5) is 0 Å². The largest absolute Gasteiger partial charge is 0.497 e.